The Hall–Kier alpha value is -1.36. The minimum atomic E-state index is -0.368. The van der Waals surface area contributed by atoms with Gasteiger partial charge in [0.1, 0.15) is 0 Å². The van der Waals surface area contributed by atoms with Crippen LogP contribution in [0.3, 0.4) is 0 Å². The van der Waals surface area contributed by atoms with Crippen molar-refractivity contribution in [3.8, 4) is 0 Å². The minimum Gasteiger partial charge on any atom is -0.469 e. The molecule has 0 aliphatic carbocycles. The third-order valence-electron chi connectivity index (χ3n) is 2.83. The molecular weight excluding hydrogens is 310 g/mol. The molecule has 1 amide bonds. The van der Waals surface area contributed by atoms with Crippen molar-refractivity contribution in [1.29, 1.82) is 0 Å². The lowest BCUT2D eigenvalue weighted by molar-refractivity contribution is -0.146. The van der Waals surface area contributed by atoms with Gasteiger partial charge in [-0.2, -0.15) is 0 Å². The predicted octanol–water partition coefficient (Wildman–Crippen LogP) is 2.61. The van der Waals surface area contributed by atoms with E-state index in [0.717, 1.165) is 10.0 Å². The van der Waals surface area contributed by atoms with Gasteiger partial charge in [-0.15, -0.1) is 0 Å². The van der Waals surface area contributed by atoms with Crippen LogP contribution in [-0.4, -0.2) is 30.9 Å². The Balaban J connectivity index is 2.57. The highest BCUT2D eigenvalue weighted by Crippen LogP contribution is 2.14. The fourth-order valence-electron chi connectivity index (χ4n) is 1.74. The van der Waals surface area contributed by atoms with Crippen LogP contribution in [0.2, 0.25) is 0 Å². The standard InChI is InChI=1S/C14H18BrNO3/c1-10(8-13(17)19-3)14(18)16(2)9-11-4-6-12(15)7-5-11/h4-7,10H,8-9H2,1-3H3. The average molecular weight is 328 g/mol. The number of amides is 1. The number of halogens is 1. The molecule has 1 rings (SSSR count). The molecule has 0 saturated carbocycles. The Morgan fingerprint density at radius 2 is 1.89 bits per heavy atom. The molecule has 1 atom stereocenters. The summed E-state index contributed by atoms with van der Waals surface area (Å²) in [5.74, 6) is -0.792. The van der Waals surface area contributed by atoms with Gasteiger partial charge in [-0.25, -0.2) is 0 Å². The van der Waals surface area contributed by atoms with Crippen molar-refractivity contribution in [3.63, 3.8) is 0 Å². The Morgan fingerprint density at radius 1 is 1.32 bits per heavy atom. The van der Waals surface area contributed by atoms with Crippen molar-refractivity contribution >= 4 is 27.8 Å². The number of carbonyl (C=O) groups excluding carboxylic acids is 2. The molecule has 0 radical (unpaired) electrons. The van der Waals surface area contributed by atoms with Crippen molar-refractivity contribution in [3.05, 3.63) is 34.3 Å². The van der Waals surface area contributed by atoms with Crippen molar-refractivity contribution in [2.75, 3.05) is 14.2 Å². The number of nitrogens with zero attached hydrogens (tertiary/aromatic N) is 1. The summed E-state index contributed by atoms with van der Waals surface area (Å²) in [6.45, 7) is 2.26. The molecule has 0 saturated heterocycles. The number of ether oxygens (including phenoxy) is 1. The maximum atomic E-state index is 12.1. The van der Waals surface area contributed by atoms with Crippen LogP contribution in [0.1, 0.15) is 18.9 Å². The summed E-state index contributed by atoms with van der Waals surface area (Å²) < 4.78 is 5.57. The monoisotopic (exact) mass is 327 g/mol. The van der Waals surface area contributed by atoms with Crippen LogP contribution in [0.4, 0.5) is 0 Å². The van der Waals surface area contributed by atoms with Gasteiger partial charge in [0.05, 0.1) is 13.5 Å². The number of carbonyl (C=O) groups is 2. The SMILES string of the molecule is COC(=O)CC(C)C(=O)N(C)Cc1ccc(Br)cc1. The number of hydrogen-bond donors (Lipinski definition) is 0. The summed E-state index contributed by atoms with van der Waals surface area (Å²) in [6, 6.07) is 7.79. The van der Waals surface area contributed by atoms with Crippen LogP contribution >= 0.6 is 15.9 Å². The molecule has 0 heterocycles. The van der Waals surface area contributed by atoms with Gasteiger partial charge >= 0.3 is 5.97 Å². The van der Waals surface area contributed by atoms with E-state index >= 15 is 0 Å². The first-order chi connectivity index (χ1) is 8.93. The Kier molecular flexibility index (Phi) is 6.02. The first-order valence-electron chi connectivity index (χ1n) is 6.00. The van der Waals surface area contributed by atoms with Crippen LogP contribution in [0.5, 0.6) is 0 Å². The lowest BCUT2D eigenvalue weighted by Gasteiger charge is -2.21. The zero-order chi connectivity index (χ0) is 14.4. The highest BCUT2D eigenvalue weighted by Gasteiger charge is 2.20. The predicted molar refractivity (Wildman–Crippen MR) is 76.4 cm³/mol. The fraction of sp³-hybridized carbons (Fsp3) is 0.429. The van der Waals surface area contributed by atoms with Crippen molar-refractivity contribution < 1.29 is 14.3 Å². The molecule has 5 heteroatoms. The molecule has 0 aliphatic heterocycles. The van der Waals surface area contributed by atoms with E-state index in [-0.39, 0.29) is 24.2 Å². The quantitative estimate of drug-likeness (QED) is 0.781. The number of esters is 1. The molecule has 1 aromatic rings. The third kappa shape index (κ3) is 5.03. The van der Waals surface area contributed by atoms with Crippen LogP contribution in [0.25, 0.3) is 0 Å². The third-order valence-corrected chi connectivity index (χ3v) is 3.36. The highest BCUT2D eigenvalue weighted by molar-refractivity contribution is 9.10. The minimum absolute atomic E-state index is 0.0617. The lowest BCUT2D eigenvalue weighted by Crippen LogP contribution is -2.32. The molecule has 0 aromatic heterocycles. The van der Waals surface area contributed by atoms with E-state index in [1.807, 2.05) is 24.3 Å². The average Bonchev–Trinajstić information content (AvgIpc) is 2.40. The van der Waals surface area contributed by atoms with E-state index in [2.05, 4.69) is 20.7 Å². The molecule has 4 nitrogen and oxygen atoms in total. The Labute approximate surface area is 121 Å². The van der Waals surface area contributed by atoms with Gasteiger partial charge in [-0.05, 0) is 17.7 Å². The zero-order valence-corrected chi connectivity index (χ0v) is 12.9. The Bertz CT molecular complexity index is 445. The second-order valence-corrected chi connectivity index (χ2v) is 5.42. The van der Waals surface area contributed by atoms with E-state index < -0.39 is 0 Å². The van der Waals surface area contributed by atoms with Gasteiger partial charge in [0, 0.05) is 24.0 Å². The van der Waals surface area contributed by atoms with E-state index in [4.69, 9.17) is 0 Å². The number of benzene rings is 1. The van der Waals surface area contributed by atoms with Crippen LogP contribution in [0.15, 0.2) is 28.7 Å². The van der Waals surface area contributed by atoms with Gasteiger partial charge in [-0.1, -0.05) is 35.0 Å². The van der Waals surface area contributed by atoms with E-state index in [0.29, 0.717) is 6.54 Å². The van der Waals surface area contributed by atoms with Crippen LogP contribution < -0.4 is 0 Å². The van der Waals surface area contributed by atoms with Gasteiger partial charge < -0.3 is 9.64 Å². The lowest BCUT2D eigenvalue weighted by atomic mass is 10.1. The topological polar surface area (TPSA) is 46.6 Å². The molecule has 0 spiro atoms. The largest absolute Gasteiger partial charge is 0.469 e. The first kappa shape index (κ1) is 15.7. The van der Waals surface area contributed by atoms with Gasteiger partial charge in [-0.3, -0.25) is 9.59 Å². The van der Waals surface area contributed by atoms with Gasteiger partial charge in [0.25, 0.3) is 0 Å². The normalized spacial score (nSPS) is 11.8. The molecular formula is C14H18BrNO3. The van der Waals surface area contributed by atoms with Crippen LogP contribution in [-0.2, 0) is 20.9 Å². The summed E-state index contributed by atoms with van der Waals surface area (Å²) >= 11 is 3.37. The van der Waals surface area contributed by atoms with E-state index in [1.165, 1.54) is 7.11 Å². The number of methoxy groups -OCH3 is 1. The highest BCUT2D eigenvalue weighted by atomic mass is 79.9. The second kappa shape index (κ2) is 7.28. The summed E-state index contributed by atoms with van der Waals surface area (Å²) in [7, 11) is 3.06. The van der Waals surface area contributed by atoms with Gasteiger partial charge in [0.15, 0.2) is 0 Å². The first-order valence-corrected chi connectivity index (χ1v) is 6.79. The van der Waals surface area contributed by atoms with Crippen molar-refractivity contribution in [2.24, 2.45) is 5.92 Å². The smallest absolute Gasteiger partial charge is 0.306 e. The molecule has 0 aliphatic rings. The molecule has 0 N–H and O–H groups in total. The summed E-state index contributed by atoms with van der Waals surface area (Å²) in [5.41, 5.74) is 1.05. The second-order valence-electron chi connectivity index (χ2n) is 4.50. The number of rotatable bonds is 5. The molecule has 1 aromatic carbocycles. The number of hydrogen-bond acceptors (Lipinski definition) is 3. The van der Waals surface area contributed by atoms with Gasteiger partial charge in [0.2, 0.25) is 5.91 Å². The summed E-state index contributed by atoms with van der Waals surface area (Å²) in [4.78, 5) is 24.8. The summed E-state index contributed by atoms with van der Waals surface area (Å²) in [5, 5.41) is 0. The zero-order valence-electron chi connectivity index (χ0n) is 11.4. The van der Waals surface area contributed by atoms with Crippen LogP contribution in [0, 0.1) is 5.92 Å². The maximum Gasteiger partial charge on any atom is 0.306 e. The summed E-state index contributed by atoms with van der Waals surface area (Å²) in [6.07, 6.45) is 0.111. The van der Waals surface area contributed by atoms with Crippen molar-refractivity contribution in [2.45, 2.75) is 19.9 Å². The molecule has 0 fully saturated rings. The van der Waals surface area contributed by atoms with Crippen molar-refractivity contribution in [1.82, 2.24) is 4.90 Å². The molecule has 19 heavy (non-hydrogen) atoms. The molecule has 104 valence electrons. The Morgan fingerprint density at radius 3 is 2.42 bits per heavy atom. The van der Waals surface area contributed by atoms with E-state index in [9.17, 15) is 9.59 Å². The maximum absolute atomic E-state index is 12.1. The fourth-order valence-corrected chi connectivity index (χ4v) is 2.00. The molecule has 0 bridgehead atoms. The molecule has 1 unspecified atom stereocenters. The van der Waals surface area contributed by atoms with E-state index in [1.54, 1.807) is 18.9 Å².